The fourth-order valence-corrected chi connectivity index (χ4v) is 3.87. The van der Waals surface area contributed by atoms with E-state index >= 15 is 0 Å². The Morgan fingerprint density at radius 3 is 2.04 bits per heavy atom. The quantitative estimate of drug-likeness (QED) is 0.630. The van der Waals surface area contributed by atoms with Crippen molar-refractivity contribution in [2.45, 2.75) is 12.1 Å². The first-order valence-corrected chi connectivity index (χ1v) is 9.05. The molecular formula is C24H20N2. The molecule has 2 aliphatic carbocycles. The van der Waals surface area contributed by atoms with Crippen molar-refractivity contribution in [2.75, 3.05) is 5.01 Å². The van der Waals surface area contributed by atoms with Gasteiger partial charge in [-0.2, -0.15) is 0 Å². The SMILES string of the molecule is C1=CC(NN(c2ccccc2)C2C=Cc3ccccc32)c2ccccc21. The molecule has 1 N–H and O–H groups in total. The van der Waals surface area contributed by atoms with Crippen LogP contribution in [-0.2, 0) is 0 Å². The summed E-state index contributed by atoms with van der Waals surface area (Å²) >= 11 is 0. The summed E-state index contributed by atoms with van der Waals surface area (Å²) in [4.78, 5) is 0. The van der Waals surface area contributed by atoms with Crippen LogP contribution >= 0.6 is 0 Å². The number of anilines is 1. The number of nitrogens with zero attached hydrogens (tertiary/aromatic N) is 1. The molecule has 0 fully saturated rings. The number of rotatable bonds is 4. The number of fused-ring (bicyclic) bond motifs is 2. The zero-order valence-electron chi connectivity index (χ0n) is 14.4. The first kappa shape index (κ1) is 15.2. The minimum absolute atomic E-state index is 0.174. The standard InChI is InChI=1S/C24H20N2/c1-2-10-20(11-3-1)26(24-17-15-19-9-5-7-13-22(19)24)25-23-16-14-18-8-4-6-12-21(18)23/h1-17,23-25H. The molecule has 0 aliphatic heterocycles. The summed E-state index contributed by atoms with van der Waals surface area (Å²) < 4.78 is 0. The lowest BCUT2D eigenvalue weighted by atomic mass is 10.1. The lowest BCUT2D eigenvalue weighted by Gasteiger charge is -2.34. The van der Waals surface area contributed by atoms with Crippen LogP contribution < -0.4 is 10.4 Å². The zero-order chi connectivity index (χ0) is 17.3. The Morgan fingerprint density at radius 2 is 1.23 bits per heavy atom. The van der Waals surface area contributed by atoms with E-state index in [9.17, 15) is 0 Å². The first-order chi connectivity index (χ1) is 12.9. The molecule has 5 rings (SSSR count). The molecule has 2 heteroatoms. The second-order valence-corrected chi connectivity index (χ2v) is 6.73. The molecule has 0 amide bonds. The molecule has 2 atom stereocenters. The molecule has 126 valence electrons. The highest BCUT2D eigenvalue weighted by atomic mass is 15.5. The van der Waals surface area contributed by atoms with Crippen molar-refractivity contribution < 1.29 is 0 Å². The maximum Gasteiger partial charge on any atom is 0.0894 e. The second-order valence-electron chi connectivity index (χ2n) is 6.73. The van der Waals surface area contributed by atoms with E-state index in [1.165, 1.54) is 22.3 Å². The van der Waals surface area contributed by atoms with Crippen molar-refractivity contribution in [3.63, 3.8) is 0 Å². The van der Waals surface area contributed by atoms with Crippen molar-refractivity contribution >= 4 is 17.8 Å². The molecule has 0 spiro atoms. The summed E-state index contributed by atoms with van der Waals surface area (Å²) in [6.07, 6.45) is 8.94. The van der Waals surface area contributed by atoms with Crippen molar-refractivity contribution in [1.29, 1.82) is 0 Å². The summed E-state index contributed by atoms with van der Waals surface area (Å²) in [5.41, 5.74) is 10.2. The van der Waals surface area contributed by atoms with Crippen LogP contribution in [0.3, 0.4) is 0 Å². The molecule has 2 unspecified atom stereocenters. The highest BCUT2D eigenvalue weighted by molar-refractivity contribution is 5.66. The highest BCUT2D eigenvalue weighted by Gasteiger charge is 2.27. The minimum atomic E-state index is 0.174. The average molecular weight is 336 g/mol. The fourth-order valence-electron chi connectivity index (χ4n) is 3.87. The normalized spacial score (nSPS) is 19.4. The molecule has 2 aliphatic rings. The maximum absolute atomic E-state index is 3.77. The summed E-state index contributed by atoms with van der Waals surface area (Å²) in [5, 5.41) is 2.29. The van der Waals surface area contributed by atoms with Crippen LogP contribution in [0.15, 0.2) is 91.0 Å². The van der Waals surface area contributed by atoms with E-state index < -0.39 is 0 Å². The third-order valence-corrected chi connectivity index (χ3v) is 5.16. The molecule has 26 heavy (non-hydrogen) atoms. The molecule has 0 saturated heterocycles. The Bertz CT molecular complexity index is 988. The number of hydrazine groups is 1. The number of nitrogens with one attached hydrogen (secondary N) is 1. The average Bonchev–Trinajstić information content (AvgIpc) is 3.31. The van der Waals surface area contributed by atoms with Crippen LogP contribution in [-0.4, -0.2) is 0 Å². The largest absolute Gasteiger partial charge is 0.296 e. The van der Waals surface area contributed by atoms with E-state index in [1.807, 2.05) is 0 Å². The maximum atomic E-state index is 3.77. The van der Waals surface area contributed by atoms with Crippen LogP contribution in [0.25, 0.3) is 12.2 Å². The Balaban J connectivity index is 1.53. The van der Waals surface area contributed by atoms with Gasteiger partial charge in [0, 0.05) is 0 Å². The molecular weight excluding hydrogens is 316 g/mol. The van der Waals surface area contributed by atoms with Gasteiger partial charge in [-0.15, -0.1) is 0 Å². The lowest BCUT2D eigenvalue weighted by Crippen LogP contribution is -2.41. The van der Waals surface area contributed by atoms with E-state index in [2.05, 4.69) is 114 Å². The summed E-state index contributed by atoms with van der Waals surface area (Å²) in [7, 11) is 0. The van der Waals surface area contributed by atoms with Gasteiger partial charge in [0.2, 0.25) is 0 Å². The van der Waals surface area contributed by atoms with E-state index in [-0.39, 0.29) is 12.1 Å². The van der Waals surface area contributed by atoms with Crippen LogP contribution in [0.4, 0.5) is 5.69 Å². The molecule has 0 aromatic heterocycles. The third kappa shape index (κ3) is 2.56. The van der Waals surface area contributed by atoms with Gasteiger partial charge in [0.05, 0.1) is 17.8 Å². The molecule has 0 heterocycles. The van der Waals surface area contributed by atoms with Crippen molar-refractivity contribution in [1.82, 2.24) is 5.43 Å². The summed E-state index contributed by atoms with van der Waals surface area (Å²) in [5.74, 6) is 0. The minimum Gasteiger partial charge on any atom is -0.296 e. The van der Waals surface area contributed by atoms with Gasteiger partial charge in [0.1, 0.15) is 0 Å². The van der Waals surface area contributed by atoms with Crippen LogP contribution in [0.2, 0.25) is 0 Å². The Labute approximate surface area is 154 Å². The Kier molecular flexibility index (Phi) is 3.69. The van der Waals surface area contributed by atoms with Crippen molar-refractivity contribution in [2.24, 2.45) is 0 Å². The summed E-state index contributed by atoms with van der Waals surface area (Å²) in [6.45, 7) is 0. The Morgan fingerprint density at radius 1 is 0.615 bits per heavy atom. The van der Waals surface area contributed by atoms with Gasteiger partial charge in [-0.05, 0) is 34.4 Å². The van der Waals surface area contributed by atoms with E-state index in [0.29, 0.717) is 0 Å². The summed E-state index contributed by atoms with van der Waals surface area (Å²) in [6, 6.07) is 28.1. The first-order valence-electron chi connectivity index (χ1n) is 9.05. The Hall–Kier alpha value is -3.10. The fraction of sp³-hybridized carbons (Fsp3) is 0.0833. The number of hydrogen-bond acceptors (Lipinski definition) is 2. The molecule has 3 aromatic rings. The van der Waals surface area contributed by atoms with Gasteiger partial charge in [-0.1, -0.05) is 91.0 Å². The van der Waals surface area contributed by atoms with Gasteiger partial charge in [-0.3, -0.25) is 5.01 Å². The number of para-hydroxylation sites is 1. The van der Waals surface area contributed by atoms with Gasteiger partial charge < -0.3 is 0 Å². The number of benzene rings is 3. The second kappa shape index (κ2) is 6.32. The van der Waals surface area contributed by atoms with Crippen LogP contribution in [0, 0.1) is 0 Å². The van der Waals surface area contributed by atoms with Gasteiger partial charge in [-0.25, -0.2) is 5.43 Å². The zero-order valence-corrected chi connectivity index (χ0v) is 14.4. The predicted octanol–water partition coefficient (Wildman–Crippen LogP) is 5.53. The molecule has 0 bridgehead atoms. The molecule has 0 radical (unpaired) electrons. The third-order valence-electron chi connectivity index (χ3n) is 5.16. The highest BCUT2D eigenvalue weighted by Crippen LogP contribution is 2.37. The number of hydrogen-bond donors (Lipinski definition) is 1. The molecule has 3 aromatic carbocycles. The van der Waals surface area contributed by atoms with Crippen LogP contribution in [0.5, 0.6) is 0 Å². The molecule has 0 saturated carbocycles. The van der Waals surface area contributed by atoms with E-state index in [4.69, 9.17) is 0 Å². The van der Waals surface area contributed by atoms with Crippen LogP contribution in [0.1, 0.15) is 34.3 Å². The monoisotopic (exact) mass is 336 g/mol. The molecule has 2 nitrogen and oxygen atoms in total. The van der Waals surface area contributed by atoms with Crippen molar-refractivity contribution in [3.05, 3.63) is 113 Å². The topological polar surface area (TPSA) is 15.3 Å². The van der Waals surface area contributed by atoms with Gasteiger partial charge in [0.15, 0.2) is 0 Å². The predicted molar refractivity (Wildman–Crippen MR) is 108 cm³/mol. The lowest BCUT2D eigenvalue weighted by molar-refractivity contribution is 0.544. The van der Waals surface area contributed by atoms with E-state index in [1.54, 1.807) is 0 Å². The van der Waals surface area contributed by atoms with Gasteiger partial charge >= 0.3 is 0 Å². The van der Waals surface area contributed by atoms with Crippen molar-refractivity contribution in [3.8, 4) is 0 Å². The smallest absolute Gasteiger partial charge is 0.0894 e. The van der Waals surface area contributed by atoms with E-state index in [0.717, 1.165) is 5.69 Å². The van der Waals surface area contributed by atoms with Gasteiger partial charge in [0.25, 0.3) is 0 Å².